The number of carboxylic acid groups (broad SMARTS) is 1. The quantitative estimate of drug-likeness (QED) is 0.541. The van der Waals surface area contributed by atoms with E-state index in [1.165, 1.54) is 12.0 Å². The van der Waals surface area contributed by atoms with E-state index in [0.717, 1.165) is 22.3 Å². The van der Waals surface area contributed by atoms with Crippen LogP contribution in [0.4, 0.5) is 4.79 Å². The van der Waals surface area contributed by atoms with Crippen LogP contribution in [0.1, 0.15) is 30.4 Å². The highest BCUT2D eigenvalue weighted by Gasteiger charge is 2.54. The molecular formula is C25H28N2O7. The fourth-order valence-corrected chi connectivity index (χ4v) is 4.74. The van der Waals surface area contributed by atoms with Gasteiger partial charge in [0.05, 0.1) is 19.7 Å². The van der Waals surface area contributed by atoms with Crippen molar-refractivity contribution >= 4 is 18.0 Å². The molecule has 1 heterocycles. The molecule has 1 fully saturated rings. The molecule has 0 bridgehead atoms. The number of benzene rings is 2. The van der Waals surface area contributed by atoms with Gasteiger partial charge < -0.3 is 29.9 Å². The van der Waals surface area contributed by atoms with Crippen LogP contribution >= 0.6 is 0 Å². The van der Waals surface area contributed by atoms with Gasteiger partial charge in [-0.25, -0.2) is 9.59 Å². The molecule has 2 amide bonds. The average molecular weight is 469 g/mol. The van der Waals surface area contributed by atoms with E-state index in [2.05, 4.69) is 5.32 Å². The summed E-state index contributed by atoms with van der Waals surface area (Å²) in [4.78, 5) is 38.4. The van der Waals surface area contributed by atoms with E-state index in [1.807, 2.05) is 48.5 Å². The molecule has 0 radical (unpaired) electrons. The number of rotatable bonds is 8. The van der Waals surface area contributed by atoms with Crippen LogP contribution in [-0.4, -0.2) is 77.6 Å². The predicted molar refractivity (Wildman–Crippen MR) is 122 cm³/mol. The number of methoxy groups -OCH3 is 1. The van der Waals surface area contributed by atoms with Gasteiger partial charge in [-0.3, -0.25) is 4.79 Å². The zero-order valence-electron chi connectivity index (χ0n) is 19.1. The van der Waals surface area contributed by atoms with Crippen LogP contribution < -0.4 is 5.32 Å². The molecule has 0 aromatic heterocycles. The molecule has 2 aliphatic rings. The van der Waals surface area contributed by atoms with Crippen molar-refractivity contribution in [2.24, 2.45) is 0 Å². The number of likely N-dealkylation sites (tertiary alicyclic amines) is 1. The molecule has 1 saturated heterocycles. The summed E-state index contributed by atoms with van der Waals surface area (Å²) in [5.41, 5.74) is 0.921. The summed E-state index contributed by atoms with van der Waals surface area (Å²) in [7, 11) is 1.40. The van der Waals surface area contributed by atoms with Gasteiger partial charge in [-0.2, -0.15) is 0 Å². The Labute approximate surface area is 197 Å². The van der Waals surface area contributed by atoms with Crippen molar-refractivity contribution in [2.75, 3.05) is 33.4 Å². The molecule has 2 aromatic rings. The molecule has 1 atom stereocenters. The highest BCUT2D eigenvalue weighted by molar-refractivity contribution is 5.93. The zero-order chi connectivity index (χ0) is 24.5. The molecule has 4 rings (SSSR count). The Kier molecular flexibility index (Phi) is 6.33. The van der Waals surface area contributed by atoms with E-state index in [4.69, 9.17) is 14.6 Å². The number of hydrogen-bond acceptors (Lipinski definition) is 6. The van der Waals surface area contributed by atoms with Crippen LogP contribution in [0.5, 0.6) is 0 Å². The highest BCUT2D eigenvalue weighted by Crippen LogP contribution is 2.44. The summed E-state index contributed by atoms with van der Waals surface area (Å²) in [6.45, 7) is 0.944. The van der Waals surface area contributed by atoms with E-state index in [-0.39, 0.29) is 38.6 Å². The zero-order valence-corrected chi connectivity index (χ0v) is 19.1. The van der Waals surface area contributed by atoms with Crippen LogP contribution in [-0.2, 0) is 19.1 Å². The molecule has 3 N–H and O–H groups in total. The molecule has 9 nitrogen and oxygen atoms in total. The van der Waals surface area contributed by atoms with Crippen LogP contribution in [0.15, 0.2) is 48.5 Å². The van der Waals surface area contributed by atoms with Crippen LogP contribution in [0.2, 0.25) is 0 Å². The summed E-state index contributed by atoms with van der Waals surface area (Å²) in [5, 5.41) is 21.7. The van der Waals surface area contributed by atoms with Gasteiger partial charge in [0.15, 0.2) is 5.60 Å². The van der Waals surface area contributed by atoms with Gasteiger partial charge in [-0.15, -0.1) is 0 Å². The summed E-state index contributed by atoms with van der Waals surface area (Å²) in [6, 6.07) is 15.9. The molecule has 0 saturated carbocycles. The maximum absolute atomic E-state index is 13.2. The van der Waals surface area contributed by atoms with Crippen molar-refractivity contribution in [2.45, 2.75) is 30.4 Å². The summed E-state index contributed by atoms with van der Waals surface area (Å²) >= 11 is 0. The minimum atomic E-state index is -1.98. The third-order valence-corrected chi connectivity index (χ3v) is 6.68. The molecular weight excluding hydrogens is 440 g/mol. The number of aliphatic hydroxyl groups is 1. The Morgan fingerprint density at radius 3 is 2.15 bits per heavy atom. The second kappa shape index (κ2) is 9.08. The van der Waals surface area contributed by atoms with Gasteiger partial charge in [-0.05, 0) is 28.7 Å². The van der Waals surface area contributed by atoms with Crippen molar-refractivity contribution in [3.05, 3.63) is 59.7 Å². The molecule has 0 spiro atoms. The number of fused-ring (bicyclic) bond motifs is 3. The maximum atomic E-state index is 13.2. The van der Waals surface area contributed by atoms with Crippen molar-refractivity contribution in [3.63, 3.8) is 0 Å². The molecule has 34 heavy (non-hydrogen) atoms. The lowest BCUT2D eigenvalue weighted by molar-refractivity contribution is -0.185. The Morgan fingerprint density at radius 2 is 1.65 bits per heavy atom. The Bertz CT molecular complexity index is 1070. The number of β-amino-alcohol motifs (C(OH)–C–C–N with tert-alkyl or cyclic N) is 1. The molecule has 2 aromatic carbocycles. The first-order valence-corrected chi connectivity index (χ1v) is 11.1. The number of alkyl carbamates (subject to hydrolysis) is 1. The number of carbonyl (C=O) groups excluding carboxylic acids is 2. The lowest BCUT2D eigenvalue weighted by Crippen LogP contribution is -2.73. The molecule has 180 valence electrons. The Morgan fingerprint density at radius 1 is 1.09 bits per heavy atom. The van der Waals surface area contributed by atoms with Crippen molar-refractivity contribution in [3.8, 4) is 11.1 Å². The predicted octanol–water partition coefficient (Wildman–Crippen LogP) is 1.98. The monoisotopic (exact) mass is 468 g/mol. The number of carboxylic acids is 1. The van der Waals surface area contributed by atoms with Gasteiger partial charge in [0, 0.05) is 13.0 Å². The summed E-state index contributed by atoms with van der Waals surface area (Å²) < 4.78 is 10.8. The Balaban J connectivity index is 1.46. The lowest BCUT2D eigenvalue weighted by atomic mass is 9.88. The first-order chi connectivity index (χ1) is 16.2. The smallest absolute Gasteiger partial charge is 0.408 e. The third kappa shape index (κ3) is 4.01. The second-order valence-corrected chi connectivity index (χ2v) is 8.82. The minimum absolute atomic E-state index is 0.0866. The minimum Gasteiger partial charge on any atom is -0.479 e. The van der Waals surface area contributed by atoms with E-state index in [0.29, 0.717) is 0 Å². The summed E-state index contributed by atoms with van der Waals surface area (Å²) in [5.74, 6) is -2.06. The Hall–Kier alpha value is -3.43. The van der Waals surface area contributed by atoms with Crippen molar-refractivity contribution < 1.29 is 34.1 Å². The molecule has 1 unspecified atom stereocenters. The van der Waals surface area contributed by atoms with Gasteiger partial charge in [0.25, 0.3) is 5.91 Å². The van der Waals surface area contributed by atoms with Crippen molar-refractivity contribution in [1.29, 1.82) is 0 Å². The van der Waals surface area contributed by atoms with Crippen molar-refractivity contribution in [1.82, 2.24) is 10.2 Å². The van der Waals surface area contributed by atoms with E-state index in [9.17, 15) is 19.5 Å². The van der Waals surface area contributed by atoms with Crippen LogP contribution in [0.25, 0.3) is 11.1 Å². The van der Waals surface area contributed by atoms with E-state index < -0.39 is 29.1 Å². The molecule has 1 aliphatic heterocycles. The fourth-order valence-electron chi connectivity index (χ4n) is 4.74. The summed E-state index contributed by atoms with van der Waals surface area (Å²) in [6.07, 6.45) is -0.589. The number of ether oxygens (including phenoxy) is 2. The number of nitrogens with one attached hydrogen (secondary N) is 1. The lowest BCUT2D eigenvalue weighted by Gasteiger charge is -2.47. The number of nitrogens with zero attached hydrogens (tertiary/aromatic N) is 1. The highest BCUT2D eigenvalue weighted by atomic mass is 16.5. The van der Waals surface area contributed by atoms with Crippen LogP contribution in [0, 0.1) is 0 Å². The second-order valence-electron chi connectivity index (χ2n) is 8.82. The SMILES string of the molecule is CCC(COC)(NC(=O)OCC1c2ccccc2-c2ccccc21)C(=O)N1CC(O)(C(=O)O)C1. The molecule has 9 heteroatoms. The number of hydrogen-bond donors (Lipinski definition) is 3. The average Bonchev–Trinajstić information content (AvgIpc) is 3.13. The first-order valence-electron chi connectivity index (χ1n) is 11.1. The molecule has 1 aliphatic carbocycles. The number of carbonyl (C=O) groups is 3. The third-order valence-electron chi connectivity index (χ3n) is 6.68. The van der Waals surface area contributed by atoms with Crippen LogP contribution in [0.3, 0.4) is 0 Å². The normalized spacial score (nSPS) is 17.7. The van der Waals surface area contributed by atoms with Gasteiger partial charge >= 0.3 is 12.1 Å². The fraction of sp³-hybridized carbons (Fsp3) is 0.400. The van der Waals surface area contributed by atoms with E-state index in [1.54, 1.807) is 6.92 Å². The maximum Gasteiger partial charge on any atom is 0.408 e. The van der Waals surface area contributed by atoms with Gasteiger partial charge in [0.2, 0.25) is 0 Å². The first kappa shape index (κ1) is 23.7. The topological polar surface area (TPSA) is 125 Å². The largest absolute Gasteiger partial charge is 0.479 e. The standard InChI is InChI=1S/C25H28N2O7/c1-3-24(15-33-2,21(28)27-13-25(32,14-27)22(29)30)26-23(31)34-12-20-18-10-6-4-8-16(18)17-9-5-7-11-19(17)20/h4-11,20,32H,3,12-15H2,1-2H3,(H,26,31)(H,29,30). The van der Waals surface area contributed by atoms with E-state index >= 15 is 0 Å². The van der Waals surface area contributed by atoms with Gasteiger partial charge in [-0.1, -0.05) is 55.5 Å². The number of amides is 2. The van der Waals surface area contributed by atoms with Gasteiger partial charge in [0.1, 0.15) is 12.1 Å². The number of aliphatic carboxylic acids is 1.